The normalized spacial score (nSPS) is 14.1. The molecule has 200 valence electrons. The topological polar surface area (TPSA) is 85.6 Å². The Morgan fingerprint density at radius 2 is 1.74 bits per heavy atom. The molecule has 1 amide bonds. The first-order chi connectivity index (χ1) is 18.9. The van der Waals surface area contributed by atoms with Gasteiger partial charge in [-0.2, -0.15) is 9.78 Å². The molecule has 0 unspecified atom stereocenters. The number of fused-ring (bicyclic) bond motifs is 1. The number of hydrogen-bond acceptors (Lipinski definition) is 5. The van der Waals surface area contributed by atoms with Crippen LogP contribution in [0.15, 0.2) is 84.0 Å². The van der Waals surface area contributed by atoms with E-state index in [0.29, 0.717) is 37.1 Å². The van der Waals surface area contributed by atoms with Crippen molar-refractivity contribution in [2.45, 2.75) is 38.0 Å². The minimum atomic E-state index is -0.268. The van der Waals surface area contributed by atoms with Crippen molar-refractivity contribution in [3.05, 3.63) is 95.8 Å². The van der Waals surface area contributed by atoms with Crippen molar-refractivity contribution in [1.82, 2.24) is 9.66 Å². The number of hydrogen-bond donors (Lipinski definition) is 1. The minimum Gasteiger partial charge on any atom is -0.481 e. The van der Waals surface area contributed by atoms with Gasteiger partial charge in [-0.25, -0.2) is 4.98 Å². The van der Waals surface area contributed by atoms with Gasteiger partial charge >= 0.3 is 0 Å². The molecule has 10 heteroatoms. The monoisotopic (exact) mass is 714 g/mol. The van der Waals surface area contributed by atoms with Crippen LogP contribution in [0.2, 0.25) is 0 Å². The Morgan fingerprint density at radius 3 is 2.46 bits per heavy atom. The maximum atomic E-state index is 13.5. The van der Waals surface area contributed by atoms with Crippen LogP contribution in [0.3, 0.4) is 0 Å². The molecule has 4 aromatic rings. The van der Waals surface area contributed by atoms with Gasteiger partial charge in [-0.1, -0.05) is 53.4 Å². The number of benzene rings is 3. The first-order valence-electron chi connectivity index (χ1n) is 12.6. The second kappa shape index (κ2) is 12.6. The highest BCUT2D eigenvalue weighted by molar-refractivity contribution is 9.11. The lowest BCUT2D eigenvalue weighted by molar-refractivity contribution is -0.118. The summed E-state index contributed by atoms with van der Waals surface area (Å²) in [6, 6.07) is 18.4. The maximum Gasteiger partial charge on any atom is 0.282 e. The van der Waals surface area contributed by atoms with E-state index in [1.807, 2.05) is 54.6 Å². The first kappa shape index (κ1) is 27.7. The number of carbonyl (C=O) groups is 1. The zero-order chi connectivity index (χ0) is 27.4. The van der Waals surface area contributed by atoms with E-state index in [2.05, 4.69) is 58.2 Å². The minimum absolute atomic E-state index is 0.155. The quantitative estimate of drug-likeness (QED) is 0.200. The second-order valence-electron chi connectivity index (χ2n) is 9.34. The zero-order valence-corrected chi connectivity index (χ0v) is 25.6. The Hall–Kier alpha value is -2.82. The fourth-order valence-electron chi connectivity index (χ4n) is 4.68. The van der Waals surface area contributed by atoms with Crippen LogP contribution in [0.25, 0.3) is 10.9 Å². The smallest absolute Gasteiger partial charge is 0.282 e. The summed E-state index contributed by atoms with van der Waals surface area (Å²) in [4.78, 5) is 30.7. The molecule has 0 radical (unpaired) electrons. The molecule has 3 aromatic carbocycles. The standard InChI is InChI=1S/C29H25Br3N4O3/c30-20-11-12-25-22(15-20)29(38)36(28(35-25)19-7-3-1-4-8-19)33-16-18-13-23(31)27(24(32)14-18)39-17-26(37)34-21-9-5-2-6-10-21/h2,5-6,9-16,19H,1,3-4,7-8,17H2,(H,34,37). The van der Waals surface area contributed by atoms with Gasteiger partial charge in [-0.3, -0.25) is 9.59 Å². The molecule has 0 saturated heterocycles. The summed E-state index contributed by atoms with van der Waals surface area (Å²) < 4.78 is 9.33. The van der Waals surface area contributed by atoms with E-state index in [1.165, 1.54) is 11.1 Å². The highest BCUT2D eigenvalue weighted by Gasteiger charge is 2.22. The SMILES string of the molecule is O=C(COc1c(Br)cc(C=Nn2c(C3CCCCC3)nc3ccc(Br)cc3c2=O)cc1Br)Nc1ccccc1. The number of para-hydroxylation sites is 1. The Bertz CT molecular complexity index is 1580. The zero-order valence-electron chi connectivity index (χ0n) is 20.9. The first-order valence-corrected chi connectivity index (χ1v) is 15.0. The van der Waals surface area contributed by atoms with Gasteiger partial charge in [0.25, 0.3) is 11.5 Å². The molecule has 39 heavy (non-hydrogen) atoms. The molecule has 0 spiro atoms. The maximum absolute atomic E-state index is 13.5. The number of ether oxygens (including phenoxy) is 1. The largest absolute Gasteiger partial charge is 0.481 e. The third-order valence-corrected chi connectivity index (χ3v) is 8.22. The number of aromatic nitrogens is 2. The van der Waals surface area contributed by atoms with Gasteiger partial charge < -0.3 is 10.1 Å². The molecular formula is C29H25Br3N4O3. The summed E-state index contributed by atoms with van der Waals surface area (Å²) in [7, 11) is 0. The lowest BCUT2D eigenvalue weighted by atomic mass is 9.88. The third-order valence-electron chi connectivity index (χ3n) is 6.55. The van der Waals surface area contributed by atoms with E-state index in [-0.39, 0.29) is 24.0 Å². The van der Waals surface area contributed by atoms with Crippen molar-refractivity contribution in [2.75, 3.05) is 11.9 Å². The number of nitrogens with one attached hydrogen (secondary N) is 1. The van der Waals surface area contributed by atoms with Crippen LogP contribution in [0.4, 0.5) is 5.69 Å². The van der Waals surface area contributed by atoms with Gasteiger partial charge in [-0.05, 0) is 92.7 Å². The summed E-state index contributed by atoms with van der Waals surface area (Å²) in [5.41, 5.74) is 1.93. The summed E-state index contributed by atoms with van der Waals surface area (Å²) in [6.45, 7) is -0.155. The molecule has 1 aromatic heterocycles. The molecule has 1 saturated carbocycles. The molecule has 1 fully saturated rings. The molecule has 5 rings (SSSR count). The second-order valence-corrected chi connectivity index (χ2v) is 12.0. The van der Waals surface area contributed by atoms with E-state index >= 15 is 0 Å². The van der Waals surface area contributed by atoms with Crippen LogP contribution in [-0.2, 0) is 4.79 Å². The lowest BCUT2D eigenvalue weighted by Gasteiger charge is -2.22. The summed E-state index contributed by atoms with van der Waals surface area (Å²) in [6.07, 6.45) is 7.06. The molecule has 0 atom stereocenters. The molecule has 1 heterocycles. The van der Waals surface area contributed by atoms with Crippen molar-refractivity contribution >= 4 is 76.5 Å². The Labute approximate surface area is 251 Å². The van der Waals surface area contributed by atoms with Crippen molar-refractivity contribution in [3.8, 4) is 5.75 Å². The average molecular weight is 717 g/mol. The summed E-state index contributed by atoms with van der Waals surface area (Å²) in [5.74, 6) is 1.12. The Kier molecular flexibility index (Phi) is 8.94. The number of halogens is 3. The molecule has 1 aliphatic rings. The molecule has 1 aliphatic carbocycles. The molecular weight excluding hydrogens is 692 g/mol. The van der Waals surface area contributed by atoms with Crippen LogP contribution in [0, 0.1) is 0 Å². The van der Waals surface area contributed by atoms with E-state index in [0.717, 1.165) is 35.7 Å². The molecule has 1 N–H and O–H groups in total. The fraction of sp³-hybridized carbons (Fsp3) is 0.241. The summed E-state index contributed by atoms with van der Waals surface area (Å²) in [5, 5.41) is 7.93. The highest BCUT2D eigenvalue weighted by Crippen LogP contribution is 2.35. The Morgan fingerprint density at radius 1 is 1.03 bits per heavy atom. The van der Waals surface area contributed by atoms with Crippen LogP contribution >= 0.6 is 47.8 Å². The van der Waals surface area contributed by atoms with Crippen molar-refractivity contribution < 1.29 is 9.53 Å². The molecule has 7 nitrogen and oxygen atoms in total. The number of carbonyl (C=O) groups excluding carboxylic acids is 1. The third kappa shape index (κ3) is 6.67. The van der Waals surface area contributed by atoms with Crippen LogP contribution in [0.5, 0.6) is 5.75 Å². The van der Waals surface area contributed by atoms with Gasteiger partial charge in [-0.15, -0.1) is 0 Å². The highest BCUT2D eigenvalue weighted by atomic mass is 79.9. The summed E-state index contributed by atoms with van der Waals surface area (Å²) >= 11 is 10.5. The van der Waals surface area contributed by atoms with Crippen LogP contribution < -0.4 is 15.6 Å². The molecule has 0 bridgehead atoms. The van der Waals surface area contributed by atoms with Gasteiger partial charge in [0, 0.05) is 16.1 Å². The lowest BCUT2D eigenvalue weighted by Crippen LogP contribution is -2.25. The van der Waals surface area contributed by atoms with E-state index < -0.39 is 0 Å². The van der Waals surface area contributed by atoms with Gasteiger partial charge in [0.1, 0.15) is 11.6 Å². The van der Waals surface area contributed by atoms with Crippen LogP contribution in [0.1, 0.15) is 49.4 Å². The van der Waals surface area contributed by atoms with Gasteiger partial charge in [0.15, 0.2) is 6.61 Å². The fourth-order valence-corrected chi connectivity index (χ4v) is 6.49. The number of nitrogens with zero attached hydrogens (tertiary/aromatic N) is 3. The van der Waals surface area contributed by atoms with E-state index in [1.54, 1.807) is 12.3 Å². The Balaban J connectivity index is 1.40. The average Bonchev–Trinajstić information content (AvgIpc) is 2.93. The van der Waals surface area contributed by atoms with E-state index in [4.69, 9.17) is 9.72 Å². The number of rotatable bonds is 7. The van der Waals surface area contributed by atoms with Gasteiger partial charge in [0.2, 0.25) is 0 Å². The van der Waals surface area contributed by atoms with Crippen molar-refractivity contribution in [2.24, 2.45) is 5.10 Å². The van der Waals surface area contributed by atoms with E-state index in [9.17, 15) is 9.59 Å². The predicted molar refractivity (Wildman–Crippen MR) is 165 cm³/mol. The number of anilines is 1. The number of amides is 1. The predicted octanol–water partition coefficient (Wildman–Crippen LogP) is 7.63. The molecule has 0 aliphatic heterocycles. The van der Waals surface area contributed by atoms with Crippen molar-refractivity contribution in [1.29, 1.82) is 0 Å². The van der Waals surface area contributed by atoms with Crippen LogP contribution in [-0.4, -0.2) is 28.4 Å². The van der Waals surface area contributed by atoms with Crippen molar-refractivity contribution in [3.63, 3.8) is 0 Å². The van der Waals surface area contributed by atoms with Gasteiger partial charge in [0.05, 0.1) is 26.1 Å².